The van der Waals surface area contributed by atoms with Crippen LogP contribution in [0.1, 0.15) is 226 Å². The van der Waals surface area contributed by atoms with Crippen LogP contribution in [0.4, 0.5) is 0 Å². The van der Waals surface area contributed by atoms with Gasteiger partial charge in [-0.15, -0.1) is 0 Å². The van der Waals surface area contributed by atoms with Crippen LogP contribution in [0.5, 0.6) is 0 Å². The topological polar surface area (TPSA) is 210 Å². The zero-order chi connectivity index (χ0) is 45.7. The molecule has 6 unspecified atom stereocenters. The maximum absolute atomic E-state index is 12.8. The third-order valence-corrected chi connectivity index (χ3v) is 12.8. The van der Waals surface area contributed by atoms with E-state index in [4.69, 9.17) is 18.5 Å². The van der Waals surface area contributed by atoms with Crippen molar-refractivity contribution in [2.24, 2.45) is 0 Å². The lowest BCUT2D eigenvalue weighted by Crippen LogP contribution is -2.64. The summed E-state index contributed by atoms with van der Waals surface area (Å²) in [5.74, 6) is -1.10. The normalized spacial score (nSPS) is 21.9. The second-order valence-electron chi connectivity index (χ2n) is 17.7. The Morgan fingerprint density at radius 3 is 1.23 bits per heavy atom. The van der Waals surface area contributed by atoms with Gasteiger partial charge in [0, 0.05) is 12.8 Å². The molecule has 1 aliphatic carbocycles. The van der Waals surface area contributed by atoms with Crippen LogP contribution in [0, 0.1) is 0 Å². The number of aliphatic hydroxyl groups is 5. The van der Waals surface area contributed by atoms with Crippen molar-refractivity contribution >= 4 is 19.8 Å². The Morgan fingerprint density at radius 2 is 0.823 bits per heavy atom. The first-order valence-corrected chi connectivity index (χ1v) is 26.5. The van der Waals surface area contributed by atoms with Crippen LogP contribution in [-0.2, 0) is 32.7 Å². The first kappa shape index (κ1) is 58.6. The fraction of sp³-hybridized carbons (Fsp3) is 0.917. The molecule has 6 atom stereocenters. The number of carbonyl (C=O) groups is 2. The minimum atomic E-state index is -5.12. The molecule has 1 fully saturated rings. The van der Waals surface area contributed by atoms with Gasteiger partial charge in [0.05, 0.1) is 6.61 Å². The molecular weight excluding hydrogens is 815 g/mol. The van der Waals surface area contributed by atoms with Gasteiger partial charge in [0.15, 0.2) is 6.10 Å². The van der Waals surface area contributed by atoms with E-state index >= 15 is 0 Å². The molecule has 366 valence electrons. The van der Waals surface area contributed by atoms with Gasteiger partial charge < -0.3 is 39.9 Å². The first-order valence-electron chi connectivity index (χ1n) is 25.0. The highest BCUT2D eigenvalue weighted by Gasteiger charge is 2.51. The number of carbonyl (C=O) groups excluding carboxylic acids is 2. The van der Waals surface area contributed by atoms with Gasteiger partial charge in [0.2, 0.25) is 0 Å². The maximum Gasteiger partial charge on any atom is 0.472 e. The quantitative estimate of drug-likeness (QED) is 0.0146. The van der Waals surface area contributed by atoms with Crippen LogP contribution >= 0.6 is 7.82 Å². The first-order chi connectivity index (χ1) is 29.9. The summed E-state index contributed by atoms with van der Waals surface area (Å²) in [5, 5.41) is 50.2. The number of hydrogen-bond acceptors (Lipinski definition) is 12. The molecule has 0 radical (unpaired) electrons. The highest BCUT2D eigenvalue weighted by Crippen LogP contribution is 2.47. The van der Waals surface area contributed by atoms with E-state index in [-0.39, 0.29) is 12.8 Å². The summed E-state index contributed by atoms with van der Waals surface area (Å²) >= 11 is 0. The Kier molecular flexibility index (Phi) is 36.7. The predicted molar refractivity (Wildman–Crippen MR) is 244 cm³/mol. The maximum atomic E-state index is 12.8. The van der Waals surface area contributed by atoms with Gasteiger partial charge in [0.25, 0.3) is 0 Å². The van der Waals surface area contributed by atoms with E-state index in [1.54, 1.807) is 0 Å². The van der Waals surface area contributed by atoms with Crippen molar-refractivity contribution in [3.05, 3.63) is 12.2 Å². The molecule has 13 nitrogen and oxygen atoms in total. The molecular formula is C48H91O13P. The molecule has 0 amide bonds. The molecule has 1 aliphatic rings. The smallest absolute Gasteiger partial charge is 0.462 e. The van der Waals surface area contributed by atoms with Crippen molar-refractivity contribution in [3.63, 3.8) is 0 Å². The lowest BCUT2D eigenvalue weighted by atomic mass is 9.85. The van der Waals surface area contributed by atoms with E-state index in [1.165, 1.54) is 128 Å². The molecule has 0 bridgehead atoms. The summed E-state index contributed by atoms with van der Waals surface area (Å²) in [6.45, 7) is 3.31. The van der Waals surface area contributed by atoms with E-state index in [0.717, 1.165) is 57.8 Å². The molecule has 0 saturated heterocycles. The molecule has 0 aromatic rings. The number of phosphoric acid groups is 1. The Labute approximate surface area is 375 Å². The Hall–Kier alpha value is -1.41. The van der Waals surface area contributed by atoms with Crippen LogP contribution in [0.2, 0.25) is 0 Å². The summed E-state index contributed by atoms with van der Waals surface area (Å²) in [7, 11) is -5.12. The van der Waals surface area contributed by atoms with Crippen LogP contribution in [0.25, 0.3) is 0 Å². The van der Waals surface area contributed by atoms with E-state index < -0.39 is 75.7 Å². The summed E-state index contributed by atoms with van der Waals surface area (Å²) in [6, 6.07) is 0. The lowest BCUT2D eigenvalue weighted by Gasteiger charge is -2.41. The van der Waals surface area contributed by atoms with Crippen LogP contribution < -0.4 is 0 Å². The standard InChI is InChI=1S/C48H91O13P/c1-3-5-7-9-11-13-15-17-19-20-21-22-23-25-26-28-30-32-34-36-41(49)58-38-40(39-59-62(56,57)61-48-46(54)44(52)43(51)45(53)47(48)55)60-42(50)37-35-33-31-29-27-24-18-16-14-12-10-8-6-4-2/h16,18,40,43-48,51-55H,3-15,17,19-39H2,1-2H3,(H,56,57)/b18-16-. The van der Waals surface area contributed by atoms with Crippen molar-refractivity contribution < 1.29 is 63.1 Å². The largest absolute Gasteiger partial charge is 0.472 e. The second kappa shape index (κ2) is 38.8. The fourth-order valence-corrected chi connectivity index (χ4v) is 8.79. The number of ether oxygens (including phenoxy) is 2. The average Bonchev–Trinajstić information content (AvgIpc) is 3.25. The zero-order valence-electron chi connectivity index (χ0n) is 38.9. The SMILES string of the molecule is CCCCCCC/C=C\CCCCCCCC(=O)OC(COC(=O)CCCCCCCCCCCCCCCCCCCCC)COP(=O)(O)OC1C(O)C(O)C(O)C(O)C1O. The van der Waals surface area contributed by atoms with Crippen molar-refractivity contribution in [1.82, 2.24) is 0 Å². The van der Waals surface area contributed by atoms with Gasteiger partial charge in [-0.3, -0.25) is 18.6 Å². The molecule has 6 N–H and O–H groups in total. The Balaban J connectivity index is 2.39. The minimum absolute atomic E-state index is 0.0909. The van der Waals surface area contributed by atoms with Crippen molar-refractivity contribution in [2.45, 2.75) is 268 Å². The predicted octanol–water partition coefficient (Wildman–Crippen LogP) is 10.2. The van der Waals surface area contributed by atoms with Crippen LogP contribution in [0.3, 0.4) is 0 Å². The van der Waals surface area contributed by atoms with E-state index in [0.29, 0.717) is 12.8 Å². The average molecular weight is 907 g/mol. The van der Waals surface area contributed by atoms with Gasteiger partial charge >= 0.3 is 19.8 Å². The number of esters is 2. The number of hydrogen-bond donors (Lipinski definition) is 6. The number of aliphatic hydroxyl groups excluding tert-OH is 5. The van der Waals surface area contributed by atoms with Crippen molar-refractivity contribution in [1.29, 1.82) is 0 Å². The molecule has 1 rings (SSSR count). The van der Waals surface area contributed by atoms with E-state index in [1.807, 2.05) is 0 Å². The third kappa shape index (κ3) is 30.7. The van der Waals surface area contributed by atoms with E-state index in [2.05, 4.69) is 26.0 Å². The minimum Gasteiger partial charge on any atom is -0.462 e. The van der Waals surface area contributed by atoms with Gasteiger partial charge in [-0.05, 0) is 38.5 Å². The monoisotopic (exact) mass is 907 g/mol. The third-order valence-electron chi connectivity index (χ3n) is 11.9. The summed E-state index contributed by atoms with van der Waals surface area (Å²) in [5.41, 5.74) is 0. The lowest BCUT2D eigenvalue weighted by molar-refractivity contribution is -0.220. The van der Waals surface area contributed by atoms with Gasteiger partial charge in [-0.2, -0.15) is 0 Å². The molecule has 62 heavy (non-hydrogen) atoms. The fourth-order valence-electron chi connectivity index (χ4n) is 7.81. The molecule has 14 heteroatoms. The number of unbranched alkanes of at least 4 members (excludes halogenated alkanes) is 28. The molecule has 0 aromatic carbocycles. The second-order valence-corrected chi connectivity index (χ2v) is 19.1. The summed E-state index contributed by atoms with van der Waals surface area (Å²) in [6.07, 6.45) is 28.4. The van der Waals surface area contributed by atoms with Gasteiger partial charge in [0.1, 0.15) is 43.2 Å². The van der Waals surface area contributed by atoms with Gasteiger partial charge in [-0.1, -0.05) is 187 Å². The Morgan fingerprint density at radius 1 is 0.484 bits per heavy atom. The number of phosphoric ester groups is 1. The Bertz CT molecular complexity index is 1140. The number of rotatable bonds is 42. The van der Waals surface area contributed by atoms with Crippen molar-refractivity contribution in [3.8, 4) is 0 Å². The molecule has 0 aromatic heterocycles. The van der Waals surface area contributed by atoms with Crippen LogP contribution in [0.15, 0.2) is 12.2 Å². The summed E-state index contributed by atoms with van der Waals surface area (Å²) < 4.78 is 33.6. The highest BCUT2D eigenvalue weighted by atomic mass is 31.2. The molecule has 0 spiro atoms. The summed E-state index contributed by atoms with van der Waals surface area (Å²) in [4.78, 5) is 35.8. The number of allylic oxidation sites excluding steroid dienone is 2. The van der Waals surface area contributed by atoms with Crippen molar-refractivity contribution in [2.75, 3.05) is 13.2 Å². The highest BCUT2D eigenvalue weighted by molar-refractivity contribution is 7.47. The zero-order valence-corrected chi connectivity index (χ0v) is 39.8. The van der Waals surface area contributed by atoms with Crippen LogP contribution in [-0.4, -0.2) is 98.3 Å². The van der Waals surface area contributed by atoms with Gasteiger partial charge in [-0.25, -0.2) is 4.57 Å². The molecule has 1 saturated carbocycles. The van der Waals surface area contributed by atoms with E-state index in [9.17, 15) is 44.6 Å². The molecule has 0 heterocycles. The molecule has 0 aliphatic heterocycles.